The second-order valence-electron chi connectivity index (χ2n) is 9.04. The molecule has 0 aliphatic carbocycles. The summed E-state index contributed by atoms with van der Waals surface area (Å²) >= 11 is 1.21. The minimum Gasteiger partial charge on any atom is -0.386 e. The lowest BCUT2D eigenvalue weighted by molar-refractivity contribution is -0.0796. The number of hydrogen-bond donors (Lipinski definition) is 1. The number of hydrogen-bond acceptors (Lipinski definition) is 8. The van der Waals surface area contributed by atoms with Crippen LogP contribution in [0.2, 0.25) is 0 Å². The molecule has 1 N–H and O–H groups in total. The van der Waals surface area contributed by atoms with Crippen molar-refractivity contribution in [3.8, 4) is 0 Å². The lowest BCUT2D eigenvalue weighted by atomic mass is 10.1. The number of fused-ring (bicyclic) bond motifs is 2. The third kappa shape index (κ3) is 3.45. The molecule has 4 aromatic rings. The van der Waals surface area contributed by atoms with Crippen molar-refractivity contribution in [3.05, 3.63) is 55.5 Å². The third-order valence-corrected chi connectivity index (χ3v) is 7.05. The van der Waals surface area contributed by atoms with Crippen LogP contribution in [0.25, 0.3) is 21.3 Å². The molecule has 1 aliphatic heterocycles. The van der Waals surface area contributed by atoms with Crippen molar-refractivity contribution in [2.24, 2.45) is 7.05 Å². The highest BCUT2D eigenvalue weighted by atomic mass is 32.1. The van der Waals surface area contributed by atoms with Crippen molar-refractivity contribution in [2.45, 2.75) is 39.0 Å². The SMILES string of the molecule is CC(C)n1c(=O)n(C)c(=O)c2c(C(=O)N3CC(C)(O)CO3)c(Cn3nnc4ccccc43)sc21. The maximum Gasteiger partial charge on any atom is 0.332 e. The molecule has 5 rings (SSSR count). The largest absolute Gasteiger partial charge is 0.386 e. The molecule has 3 aromatic heterocycles. The van der Waals surface area contributed by atoms with Crippen molar-refractivity contribution < 1.29 is 14.7 Å². The Balaban J connectivity index is 1.77. The topological polar surface area (TPSA) is 124 Å². The van der Waals surface area contributed by atoms with Crippen molar-refractivity contribution in [2.75, 3.05) is 13.2 Å². The number of carbonyl (C=O) groups excluding carboxylic acids is 1. The molecule has 0 radical (unpaired) electrons. The fraction of sp³-hybridized carbons (Fsp3) is 0.409. The van der Waals surface area contributed by atoms with E-state index in [2.05, 4.69) is 10.3 Å². The fourth-order valence-corrected chi connectivity index (χ4v) is 5.56. The molecule has 1 amide bonds. The van der Waals surface area contributed by atoms with E-state index in [0.717, 1.165) is 15.1 Å². The van der Waals surface area contributed by atoms with Gasteiger partial charge in [-0.15, -0.1) is 16.4 Å². The van der Waals surface area contributed by atoms with E-state index >= 15 is 0 Å². The zero-order valence-corrected chi connectivity index (χ0v) is 20.0. The van der Waals surface area contributed by atoms with Crippen LogP contribution >= 0.6 is 11.3 Å². The van der Waals surface area contributed by atoms with E-state index in [1.165, 1.54) is 23.0 Å². The van der Waals surface area contributed by atoms with Gasteiger partial charge in [-0.3, -0.25) is 23.6 Å². The summed E-state index contributed by atoms with van der Waals surface area (Å²) in [6.07, 6.45) is 0. The number of carbonyl (C=O) groups is 1. The van der Waals surface area contributed by atoms with Crippen LogP contribution in [0.3, 0.4) is 0 Å². The Morgan fingerprint density at radius 1 is 1.29 bits per heavy atom. The van der Waals surface area contributed by atoms with Crippen LogP contribution in [0, 0.1) is 0 Å². The number of amides is 1. The Kier molecular flexibility index (Phi) is 5.19. The van der Waals surface area contributed by atoms with Crippen molar-refractivity contribution in [1.29, 1.82) is 0 Å². The minimum absolute atomic E-state index is 0.0427. The molecule has 0 bridgehead atoms. The highest BCUT2D eigenvalue weighted by Gasteiger charge is 2.39. The van der Waals surface area contributed by atoms with E-state index in [1.807, 2.05) is 38.1 Å². The van der Waals surface area contributed by atoms with Gasteiger partial charge in [0.25, 0.3) is 11.5 Å². The molecule has 178 valence electrons. The molecule has 0 saturated carbocycles. The molecule has 1 saturated heterocycles. The van der Waals surface area contributed by atoms with E-state index in [1.54, 1.807) is 11.6 Å². The van der Waals surface area contributed by atoms with Gasteiger partial charge in [0.1, 0.15) is 22.6 Å². The molecular weight excluding hydrogens is 460 g/mol. The van der Waals surface area contributed by atoms with E-state index in [9.17, 15) is 19.5 Å². The maximum atomic E-state index is 13.7. The number of para-hydroxylation sites is 1. The lowest BCUT2D eigenvalue weighted by Gasteiger charge is -2.17. The highest BCUT2D eigenvalue weighted by Crippen LogP contribution is 2.33. The van der Waals surface area contributed by atoms with Gasteiger partial charge in [0.2, 0.25) is 0 Å². The smallest absolute Gasteiger partial charge is 0.332 e. The zero-order valence-electron chi connectivity index (χ0n) is 19.2. The van der Waals surface area contributed by atoms with Crippen LogP contribution in [0.4, 0.5) is 0 Å². The molecule has 0 spiro atoms. The first-order chi connectivity index (χ1) is 16.1. The van der Waals surface area contributed by atoms with Crippen LogP contribution in [0.5, 0.6) is 0 Å². The van der Waals surface area contributed by atoms with E-state index in [-0.39, 0.29) is 36.7 Å². The number of rotatable bonds is 4. The summed E-state index contributed by atoms with van der Waals surface area (Å²) in [5.41, 5.74) is -0.594. The molecule has 11 nitrogen and oxygen atoms in total. The number of aromatic nitrogens is 5. The molecule has 1 unspecified atom stereocenters. The van der Waals surface area contributed by atoms with Crippen LogP contribution in [0.1, 0.15) is 42.0 Å². The summed E-state index contributed by atoms with van der Waals surface area (Å²) in [5.74, 6) is -0.547. The second-order valence-corrected chi connectivity index (χ2v) is 10.1. The number of aliphatic hydroxyl groups is 1. The average Bonchev–Trinajstić information content (AvgIpc) is 3.47. The first-order valence-corrected chi connectivity index (χ1v) is 11.6. The van der Waals surface area contributed by atoms with E-state index < -0.39 is 22.8 Å². The summed E-state index contributed by atoms with van der Waals surface area (Å²) in [7, 11) is 1.40. The fourth-order valence-electron chi connectivity index (χ4n) is 4.17. The van der Waals surface area contributed by atoms with Crippen LogP contribution in [0.15, 0.2) is 33.9 Å². The number of β-amino-alcohol motifs (C(OH)–C–C–N with tert-alkyl or cyclic N) is 1. The summed E-state index contributed by atoms with van der Waals surface area (Å²) in [5, 5.41) is 19.9. The Morgan fingerprint density at radius 2 is 2.03 bits per heavy atom. The summed E-state index contributed by atoms with van der Waals surface area (Å²) in [4.78, 5) is 46.3. The molecule has 1 aromatic carbocycles. The van der Waals surface area contributed by atoms with Gasteiger partial charge < -0.3 is 5.11 Å². The average molecular weight is 485 g/mol. The maximum absolute atomic E-state index is 13.7. The van der Waals surface area contributed by atoms with Gasteiger partial charge in [-0.1, -0.05) is 17.3 Å². The van der Waals surface area contributed by atoms with Crippen molar-refractivity contribution >= 4 is 38.5 Å². The Hall–Kier alpha value is -3.35. The van der Waals surface area contributed by atoms with E-state index in [0.29, 0.717) is 15.2 Å². The molecule has 34 heavy (non-hydrogen) atoms. The Labute approximate surface area is 197 Å². The molecule has 1 fully saturated rings. The van der Waals surface area contributed by atoms with Gasteiger partial charge in [0, 0.05) is 18.0 Å². The van der Waals surface area contributed by atoms with Gasteiger partial charge in [0.15, 0.2) is 0 Å². The molecule has 1 aliphatic rings. The molecular formula is C22H24N6O5S. The van der Waals surface area contributed by atoms with Crippen molar-refractivity contribution in [1.82, 2.24) is 29.2 Å². The number of nitrogens with zero attached hydrogens (tertiary/aromatic N) is 6. The Morgan fingerprint density at radius 3 is 2.71 bits per heavy atom. The zero-order chi connectivity index (χ0) is 24.4. The first kappa shape index (κ1) is 22.4. The quantitative estimate of drug-likeness (QED) is 0.463. The van der Waals surface area contributed by atoms with Crippen LogP contribution < -0.4 is 11.2 Å². The van der Waals surface area contributed by atoms with E-state index in [4.69, 9.17) is 4.84 Å². The second kappa shape index (κ2) is 7.86. The molecule has 12 heteroatoms. The third-order valence-electron chi connectivity index (χ3n) is 5.88. The number of hydroxylamine groups is 2. The van der Waals surface area contributed by atoms with Gasteiger partial charge in [-0.2, -0.15) is 0 Å². The van der Waals surface area contributed by atoms with Gasteiger partial charge in [0.05, 0.1) is 29.6 Å². The Bertz CT molecular complexity index is 1560. The first-order valence-electron chi connectivity index (χ1n) is 10.8. The monoisotopic (exact) mass is 484 g/mol. The summed E-state index contributed by atoms with van der Waals surface area (Å²) in [6, 6.07) is 7.19. The van der Waals surface area contributed by atoms with Crippen molar-refractivity contribution in [3.63, 3.8) is 0 Å². The standard InChI is InChI=1S/C22H24N6O5S/c1-12(2)28-20-17(18(29)25(4)21(28)31)16(19(30)27-10-22(3,32)11-33-27)15(34-20)9-26-14-8-6-5-7-13(14)23-24-26/h5-8,12,32H,9-11H2,1-4H3. The number of thiophene rings is 1. The minimum atomic E-state index is -1.20. The highest BCUT2D eigenvalue weighted by molar-refractivity contribution is 7.19. The summed E-state index contributed by atoms with van der Waals surface area (Å²) < 4.78 is 4.18. The van der Waals surface area contributed by atoms with Gasteiger partial charge in [-0.25, -0.2) is 14.5 Å². The van der Waals surface area contributed by atoms with Crippen LogP contribution in [-0.4, -0.2) is 59.0 Å². The lowest BCUT2D eigenvalue weighted by Crippen LogP contribution is -2.39. The molecule has 1 atom stereocenters. The van der Waals surface area contributed by atoms with Crippen LogP contribution in [-0.2, 0) is 18.4 Å². The predicted octanol–water partition coefficient (Wildman–Crippen LogP) is 1.27. The van der Waals surface area contributed by atoms with Gasteiger partial charge >= 0.3 is 5.69 Å². The van der Waals surface area contributed by atoms with Gasteiger partial charge in [-0.05, 0) is 32.9 Å². The predicted molar refractivity (Wildman–Crippen MR) is 126 cm³/mol. The normalized spacial score (nSPS) is 18.6. The number of benzene rings is 1. The summed E-state index contributed by atoms with van der Waals surface area (Å²) in [6.45, 7) is 5.35. The molecule has 4 heterocycles.